The van der Waals surface area contributed by atoms with Gasteiger partial charge in [-0.05, 0) is 41.9 Å². The first kappa shape index (κ1) is 15.5. The number of rotatable bonds is 6. The summed E-state index contributed by atoms with van der Waals surface area (Å²) in [5.41, 5.74) is 0. The van der Waals surface area contributed by atoms with Crippen LogP contribution >= 0.6 is 0 Å². The number of allylic oxidation sites excluding steroid dienone is 2. The predicted octanol–water partition coefficient (Wildman–Crippen LogP) is 0.623. The Kier molecular flexibility index (Phi) is 3.71. The van der Waals surface area contributed by atoms with Crippen LogP contribution in [-0.4, -0.2) is 42.6 Å². The van der Waals surface area contributed by atoms with Crippen molar-refractivity contribution in [1.82, 2.24) is 0 Å². The Bertz CT molecular complexity index is 594. The third-order valence-electron chi connectivity index (χ3n) is 4.92. The molecule has 0 spiro atoms. The summed E-state index contributed by atoms with van der Waals surface area (Å²) < 4.78 is 54.9. The molecule has 2 fully saturated rings. The molecule has 0 aromatic carbocycles. The van der Waals surface area contributed by atoms with E-state index in [1.54, 1.807) is 0 Å². The number of hydrogen-bond acceptors (Lipinski definition) is 6. The molecule has 6 atom stereocenters. The Labute approximate surface area is 125 Å². The molecule has 0 aromatic rings. The summed E-state index contributed by atoms with van der Waals surface area (Å²) in [5, 5.41) is 0. The molecule has 2 bridgehead atoms. The van der Waals surface area contributed by atoms with E-state index in [0.29, 0.717) is 11.8 Å². The number of fused-ring (bicyclic) bond motifs is 1. The average Bonchev–Trinajstić information content (AvgIpc) is 3.13. The van der Waals surface area contributed by atoms with Gasteiger partial charge in [-0.1, -0.05) is 12.2 Å². The molecule has 4 aliphatic rings. The van der Waals surface area contributed by atoms with Gasteiger partial charge in [-0.2, -0.15) is 16.8 Å². The maximum absolute atomic E-state index is 11.2. The van der Waals surface area contributed by atoms with Gasteiger partial charge in [-0.25, -0.2) is 0 Å². The quantitative estimate of drug-likeness (QED) is 0.522. The standard InChI is InChI=1S/C13H20O6S2/c1-20(14,15)18-6-12-8-3-4-9(11-5-10(8)11)13(12)7-19-21(2,16)17/h3-4,8-13H,5-7H2,1-2H3/t8-,9+,10-,11+,12+,13-. The maximum atomic E-state index is 11.2. The molecule has 0 N–H and O–H groups in total. The molecule has 0 aromatic heterocycles. The monoisotopic (exact) mass is 336 g/mol. The van der Waals surface area contributed by atoms with Crippen LogP contribution in [0.25, 0.3) is 0 Å². The van der Waals surface area contributed by atoms with Gasteiger partial charge < -0.3 is 0 Å². The molecule has 2 saturated carbocycles. The van der Waals surface area contributed by atoms with E-state index >= 15 is 0 Å². The van der Waals surface area contributed by atoms with Crippen molar-refractivity contribution >= 4 is 20.2 Å². The van der Waals surface area contributed by atoms with E-state index in [1.165, 1.54) is 0 Å². The lowest BCUT2D eigenvalue weighted by atomic mass is 9.63. The van der Waals surface area contributed by atoms with E-state index in [0.717, 1.165) is 18.9 Å². The van der Waals surface area contributed by atoms with Crippen molar-refractivity contribution in [2.45, 2.75) is 6.42 Å². The van der Waals surface area contributed by atoms with E-state index in [-0.39, 0.29) is 36.9 Å². The summed E-state index contributed by atoms with van der Waals surface area (Å²) in [6, 6.07) is 0. The number of hydrogen-bond donors (Lipinski definition) is 0. The van der Waals surface area contributed by atoms with Crippen LogP contribution in [-0.2, 0) is 28.6 Å². The summed E-state index contributed by atoms with van der Waals surface area (Å²) in [4.78, 5) is 0. The fourth-order valence-electron chi connectivity index (χ4n) is 4.03. The van der Waals surface area contributed by atoms with Gasteiger partial charge in [0, 0.05) is 0 Å². The largest absolute Gasteiger partial charge is 0.270 e. The van der Waals surface area contributed by atoms with Gasteiger partial charge in [0.25, 0.3) is 20.2 Å². The zero-order chi connectivity index (χ0) is 15.4. The predicted molar refractivity (Wildman–Crippen MR) is 76.3 cm³/mol. The molecule has 0 radical (unpaired) electrons. The van der Waals surface area contributed by atoms with Crippen molar-refractivity contribution in [2.24, 2.45) is 35.5 Å². The summed E-state index contributed by atoms with van der Waals surface area (Å²) in [6.07, 6.45) is 7.49. The first-order chi connectivity index (χ1) is 9.66. The molecule has 6 nitrogen and oxygen atoms in total. The second-order valence-electron chi connectivity index (χ2n) is 6.41. The van der Waals surface area contributed by atoms with E-state index in [4.69, 9.17) is 8.37 Å². The molecular formula is C13H20O6S2. The van der Waals surface area contributed by atoms with Crippen molar-refractivity contribution in [3.63, 3.8) is 0 Å². The van der Waals surface area contributed by atoms with Gasteiger partial charge >= 0.3 is 0 Å². The van der Waals surface area contributed by atoms with E-state index < -0.39 is 20.2 Å². The molecular weight excluding hydrogens is 316 g/mol. The van der Waals surface area contributed by atoms with Crippen molar-refractivity contribution in [1.29, 1.82) is 0 Å². The van der Waals surface area contributed by atoms with Gasteiger partial charge in [0.15, 0.2) is 0 Å². The van der Waals surface area contributed by atoms with Crippen LogP contribution in [0.1, 0.15) is 6.42 Å². The minimum Gasteiger partial charge on any atom is -0.270 e. The fraction of sp³-hybridized carbons (Fsp3) is 0.846. The van der Waals surface area contributed by atoms with E-state index in [9.17, 15) is 16.8 Å². The molecule has 21 heavy (non-hydrogen) atoms. The minimum atomic E-state index is -3.49. The van der Waals surface area contributed by atoms with Crippen LogP contribution in [0.15, 0.2) is 12.2 Å². The first-order valence-electron chi connectivity index (χ1n) is 7.03. The van der Waals surface area contributed by atoms with Gasteiger partial charge in [0.05, 0.1) is 25.7 Å². The molecule has 8 heteroatoms. The van der Waals surface area contributed by atoms with Gasteiger partial charge in [0.1, 0.15) is 0 Å². The molecule has 0 heterocycles. The van der Waals surface area contributed by atoms with Crippen molar-refractivity contribution < 1.29 is 25.2 Å². The second-order valence-corrected chi connectivity index (χ2v) is 9.70. The molecule has 0 aliphatic heterocycles. The highest BCUT2D eigenvalue weighted by Crippen LogP contribution is 2.63. The van der Waals surface area contributed by atoms with Crippen LogP contribution in [0, 0.1) is 35.5 Å². The molecule has 120 valence electrons. The van der Waals surface area contributed by atoms with Crippen LogP contribution in [0.3, 0.4) is 0 Å². The summed E-state index contributed by atoms with van der Waals surface area (Å²) in [7, 11) is -6.99. The summed E-state index contributed by atoms with van der Waals surface area (Å²) in [6.45, 7) is 0.205. The lowest BCUT2D eigenvalue weighted by Gasteiger charge is -2.44. The average molecular weight is 336 g/mol. The zero-order valence-electron chi connectivity index (χ0n) is 12.0. The topological polar surface area (TPSA) is 86.7 Å². The van der Waals surface area contributed by atoms with Crippen LogP contribution < -0.4 is 0 Å². The fourth-order valence-corrected chi connectivity index (χ4v) is 4.84. The molecule has 4 aliphatic carbocycles. The van der Waals surface area contributed by atoms with E-state index in [1.807, 2.05) is 0 Å². The Morgan fingerprint density at radius 2 is 1.24 bits per heavy atom. The minimum absolute atomic E-state index is 0.000208. The Hall–Kier alpha value is -0.440. The smallest absolute Gasteiger partial charge is 0.264 e. The molecule has 4 rings (SSSR count). The molecule has 0 unspecified atom stereocenters. The molecule has 0 saturated heterocycles. The Balaban J connectivity index is 1.75. The lowest BCUT2D eigenvalue weighted by molar-refractivity contribution is 0.0379. The van der Waals surface area contributed by atoms with Gasteiger partial charge in [-0.15, -0.1) is 0 Å². The third kappa shape index (κ3) is 3.33. The third-order valence-corrected chi connectivity index (χ3v) is 6.05. The highest BCUT2D eigenvalue weighted by atomic mass is 32.2. The highest BCUT2D eigenvalue weighted by Gasteiger charge is 2.59. The van der Waals surface area contributed by atoms with Crippen molar-refractivity contribution in [3.8, 4) is 0 Å². The normalized spacial score (nSPS) is 41.0. The van der Waals surface area contributed by atoms with E-state index in [2.05, 4.69) is 12.2 Å². The second kappa shape index (κ2) is 5.04. The lowest BCUT2D eigenvalue weighted by Crippen LogP contribution is -2.43. The van der Waals surface area contributed by atoms with Crippen LogP contribution in [0.4, 0.5) is 0 Å². The van der Waals surface area contributed by atoms with Crippen LogP contribution in [0.5, 0.6) is 0 Å². The van der Waals surface area contributed by atoms with Crippen molar-refractivity contribution in [3.05, 3.63) is 12.2 Å². The maximum Gasteiger partial charge on any atom is 0.264 e. The van der Waals surface area contributed by atoms with Gasteiger partial charge in [-0.3, -0.25) is 8.37 Å². The highest BCUT2D eigenvalue weighted by molar-refractivity contribution is 7.86. The Morgan fingerprint density at radius 3 is 1.57 bits per heavy atom. The molecule has 0 amide bonds. The van der Waals surface area contributed by atoms with Gasteiger partial charge in [0.2, 0.25) is 0 Å². The summed E-state index contributed by atoms with van der Waals surface area (Å²) >= 11 is 0. The summed E-state index contributed by atoms with van der Waals surface area (Å²) in [5.74, 6) is 1.75. The van der Waals surface area contributed by atoms with Crippen molar-refractivity contribution in [2.75, 3.05) is 25.7 Å². The Morgan fingerprint density at radius 1 is 0.857 bits per heavy atom. The first-order valence-corrected chi connectivity index (χ1v) is 10.7. The zero-order valence-corrected chi connectivity index (χ0v) is 13.6. The SMILES string of the molecule is CS(=O)(=O)OC[C@@H]1[C@H]2C=C[C@H]([C@H]3C[C@@H]23)[C@@H]1COS(C)(=O)=O. The van der Waals surface area contributed by atoms with Crippen LogP contribution in [0.2, 0.25) is 0 Å².